The Kier molecular flexibility index (Phi) is 5.52. The highest BCUT2D eigenvalue weighted by atomic mass is 16.3. The Hall–Kier alpha value is -1.43. The van der Waals surface area contributed by atoms with E-state index in [1.54, 1.807) is 0 Å². The van der Waals surface area contributed by atoms with Gasteiger partial charge in [-0.2, -0.15) is 0 Å². The number of rotatable bonds is 5. The lowest BCUT2D eigenvalue weighted by Gasteiger charge is -2.29. The Morgan fingerprint density at radius 2 is 1.85 bits per heavy atom. The first kappa shape index (κ1) is 15.0. The van der Waals surface area contributed by atoms with Crippen LogP contribution in [0, 0.1) is 0 Å². The Bertz CT molecular complexity index is 427. The average molecular weight is 277 g/mol. The lowest BCUT2D eigenvalue weighted by Crippen LogP contribution is -2.49. The van der Waals surface area contributed by atoms with Gasteiger partial charge in [-0.3, -0.25) is 9.69 Å². The van der Waals surface area contributed by atoms with E-state index in [1.807, 2.05) is 41.1 Å². The normalized spacial score (nSPS) is 15.7. The number of hydrogen-bond donors (Lipinski definition) is 2. The fourth-order valence-electron chi connectivity index (χ4n) is 2.36. The number of nitrogens with zero attached hydrogens (tertiary/aromatic N) is 2. The highest BCUT2D eigenvalue weighted by Crippen LogP contribution is 2.07. The maximum absolute atomic E-state index is 12.1. The molecule has 1 aliphatic heterocycles. The molecule has 0 bridgehead atoms. The predicted molar refractivity (Wildman–Crippen MR) is 78.1 cm³/mol. The zero-order valence-corrected chi connectivity index (χ0v) is 12.0. The standard InChI is InChI=1S/C15H23N3O2/c1-17(10-13-2-4-14(12-19)5-3-13)11-15(20)18-8-6-16-7-9-18/h2-5,16,19H,6-12H2,1H3. The molecular formula is C15H23N3O2. The van der Waals surface area contributed by atoms with E-state index in [4.69, 9.17) is 5.11 Å². The van der Waals surface area contributed by atoms with Gasteiger partial charge in [-0.25, -0.2) is 0 Å². The van der Waals surface area contributed by atoms with E-state index < -0.39 is 0 Å². The van der Waals surface area contributed by atoms with Crippen molar-refractivity contribution in [3.05, 3.63) is 35.4 Å². The molecular weight excluding hydrogens is 254 g/mol. The first-order valence-electron chi connectivity index (χ1n) is 7.05. The molecule has 0 unspecified atom stereocenters. The number of hydrogen-bond acceptors (Lipinski definition) is 4. The smallest absolute Gasteiger partial charge is 0.236 e. The highest BCUT2D eigenvalue weighted by Gasteiger charge is 2.17. The second-order valence-corrected chi connectivity index (χ2v) is 5.28. The molecule has 1 aromatic rings. The van der Waals surface area contributed by atoms with Gasteiger partial charge in [-0.15, -0.1) is 0 Å². The minimum Gasteiger partial charge on any atom is -0.392 e. The van der Waals surface area contributed by atoms with Crippen LogP contribution in [0.3, 0.4) is 0 Å². The minimum atomic E-state index is 0.0671. The third-order valence-corrected chi connectivity index (χ3v) is 3.53. The number of aliphatic hydroxyl groups excluding tert-OH is 1. The molecule has 0 aromatic heterocycles. The van der Waals surface area contributed by atoms with Crippen LogP contribution < -0.4 is 5.32 Å². The summed E-state index contributed by atoms with van der Waals surface area (Å²) in [7, 11) is 1.96. The molecule has 1 aliphatic rings. The first-order valence-corrected chi connectivity index (χ1v) is 7.05. The molecule has 1 aromatic carbocycles. The van der Waals surface area contributed by atoms with Gasteiger partial charge in [0.15, 0.2) is 0 Å². The lowest BCUT2D eigenvalue weighted by atomic mass is 10.1. The summed E-state index contributed by atoms with van der Waals surface area (Å²) in [6, 6.07) is 7.83. The van der Waals surface area contributed by atoms with Gasteiger partial charge >= 0.3 is 0 Å². The van der Waals surface area contributed by atoms with Crippen LogP contribution in [-0.2, 0) is 17.9 Å². The molecule has 1 amide bonds. The zero-order valence-electron chi connectivity index (χ0n) is 12.0. The summed E-state index contributed by atoms with van der Waals surface area (Å²) in [6.07, 6.45) is 0. The van der Waals surface area contributed by atoms with Gasteiger partial charge in [0.1, 0.15) is 0 Å². The van der Waals surface area contributed by atoms with Crippen LogP contribution >= 0.6 is 0 Å². The van der Waals surface area contributed by atoms with Crippen molar-refractivity contribution in [3.8, 4) is 0 Å². The second-order valence-electron chi connectivity index (χ2n) is 5.28. The zero-order chi connectivity index (χ0) is 14.4. The molecule has 5 nitrogen and oxygen atoms in total. The maximum Gasteiger partial charge on any atom is 0.236 e. The third-order valence-electron chi connectivity index (χ3n) is 3.53. The molecule has 0 atom stereocenters. The molecule has 0 saturated carbocycles. The SMILES string of the molecule is CN(CC(=O)N1CCNCC1)Cc1ccc(CO)cc1. The highest BCUT2D eigenvalue weighted by molar-refractivity contribution is 5.78. The molecule has 2 N–H and O–H groups in total. The summed E-state index contributed by atoms with van der Waals surface area (Å²) >= 11 is 0. The Morgan fingerprint density at radius 1 is 1.25 bits per heavy atom. The van der Waals surface area contributed by atoms with Crippen molar-refractivity contribution in [1.82, 2.24) is 15.1 Å². The lowest BCUT2D eigenvalue weighted by molar-refractivity contribution is -0.132. The quantitative estimate of drug-likeness (QED) is 0.798. The van der Waals surface area contributed by atoms with E-state index in [2.05, 4.69) is 5.32 Å². The van der Waals surface area contributed by atoms with Crippen molar-refractivity contribution in [1.29, 1.82) is 0 Å². The molecule has 1 fully saturated rings. The van der Waals surface area contributed by atoms with E-state index in [-0.39, 0.29) is 12.5 Å². The van der Waals surface area contributed by atoms with Crippen molar-refractivity contribution in [2.75, 3.05) is 39.8 Å². The van der Waals surface area contributed by atoms with Gasteiger partial charge in [0.25, 0.3) is 0 Å². The van der Waals surface area contributed by atoms with E-state index in [0.717, 1.165) is 43.9 Å². The maximum atomic E-state index is 12.1. The molecule has 0 radical (unpaired) electrons. The van der Waals surface area contributed by atoms with Crippen LogP contribution in [0.15, 0.2) is 24.3 Å². The molecule has 20 heavy (non-hydrogen) atoms. The molecule has 0 spiro atoms. The topological polar surface area (TPSA) is 55.8 Å². The summed E-state index contributed by atoms with van der Waals surface area (Å²) in [5, 5.41) is 12.3. The molecule has 5 heteroatoms. The number of aliphatic hydroxyl groups is 1. The van der Waals surface area contributed by atoms with Gasteiger partial charge in [0, 0.05) is 32.7 Å². The van der Waals surface area contributed by atoms with E-state index >= 15 is 0 Å². The van der Waals surface area contributed by atoms with Gasteiger partial charge in [-0.1, -0.05) is 24.3 Å². The first-order chi connectivity index (χ1) is 9.69. The molecule has 2 rings (SSSR count). The van der Waals surface area contributed by atoms with Crippen LogP contribution in [0.5, 0.6) is 0 Å². The largest absolute Gasteiger partial charge is 0.392 e. The van der Waals surface area contributed by atoms with E-state index in [0.29, 0.717) is 6.54 Å². The fraction of sp³-hybridized carbons (Fsp3) is 0.533. The average Bonchev–Trinajstić information content (AvgIpc) is 2.49. The van der Waals surface area contributed by atoms with Crippen molar-refractivity contribution in [3.63, 3.8) is 0 Å². The van der Waals surface area contributed by atoms with Crippen LogP contribution in [0.1, 0.15) is 11.1 Å². The summed E-state index contributed by atoms with van der Waals surface area (Å²) in [5.74, 6) is 0.195. The number of carbonyl (C=O) groups excluding carboxylic acids is 1. The molecule has 0 aliphatic carbocycles. The number of amides is 1. The number of likely N-dealkylation sites (N-methyl/N-ethyl adjacent to an activating group) is 1. The van der Waals surface area contributed by atoms with Gasteiger partial charge < -0.3 is 15.3 Å². The predicted octanol–water partition coefficient (Wildman–Crippen LogP) is 0.0425. The number of piperazine rings is 1. The summed E-state index contributed by atoms with van der Waals surface area (Å²) in [4.78, 5) is 16.1. The monoisotopic (exact) mass is 277 g/mol. The van der Waals surface area contributed by atoms with Crippen molar-refractivity contribution >= 4 is 5.91 Å². The molecule has 1 heterocycles. The van der Waals surface area contributed by atoms with Crippen molar-refractivity contribution < 1.29 is 9.90 Å². The van der Waals surface area contributed by atoms with Crippen molar-refractivity contribution in [2.45, 2.75) is 13.2 Å². The number of nitrogens with one attached hydrogen (secondary N) is 1. The fourth-order valence-corrected chi connectivity index (χ4v) is 2.36. The van der Waals surface area contributed by atoms with E-state index in [1.165, 1.54) is 0 Å². The van der Waals surface area contributed by atoms with Crippen LogP contribution in [0.25, 0.3) is 0 Å². The van der Waals surface area contributed by atoms with Gasteiger partial charge in [0.05, 0.1) is 13.2 Å². The molecule has 110 valence electrons. The Balaban J connectivity index is 1.81. The van der Waals surface area contributed by atoms with E-state index in [9.17, 15) is 4.79 Å². The van der Waals surface area contributed by atoms with Crippen LogP contribution in [-0.4, -0.2) is 60.6 Å². The van der Waals surface area contributed by atoms with Crippen LogP contribution in [0.4, 0.5) is 0 Å². The van der Waals surface area contributed by atoms with Gasteiger partial charge in [0.2, 0.25) is 5.91 Å². The molecule has 1 saturated heterocycles. The van der Waals surface area contributed by atoms with Crippen molar-refractivity contribution in [2.24, 2.45) is 0 Å². The summed E-state index contributed by atoms with van der Waals surface area (Å²) < 4.78 is 0. The Labute approximate surface area is 120 Å². The minimum absolute atomic E-state index is 0.0671. The third kappa shape index (κ3) is 4.30. The van der Waals surface area contributed by atoms with Gasteiger partial charge in [-0.05, 0) is 18.2 Å². The number of carbonyl (C=O) groups is 1. The summed E-state index contributed by atoms with van der Waals surface area (Å²) in [6.45, 7) is 4.63. The second kappa shape index (κ2) is 7.38. The Morgan fingerprint density at radius 3 is 2.45 bits per heavy atom. The number of benzene rings is 1. The summed E-state index contributed by atoms with van der Waals surface area (Å²) in [5.41, 5.74) is 2.06. The van der Waals surface area contributed by atoms with Crippen LogP contribution in [0.2, 0.25) is 0 Å².